The summed E-state index contributed by atoms with van der Waals surface area (Å²) in [6, 6.07) is 3.89. The minimum Gasteiger partial charge on any atom is -0.466 e. The molecular formula is C12H14O2S. The summed E-state index contributed by atoms with van der Waals surface area (Å²) >= 11 is 1.70. The van der Waals surface area contributed by atoms with Crippen molar-refractivity contribution >= 4 is 11.3 Å². The Balaban J connectivity index is 2.40. The van der Waals surface area contributed by atoms with E-state index in [2.05, 4.69) is 0 Å². The third-order valence-electron chi connectivity index (χ3n) is 2.52. The van der Waals surface area contributed by atoms with Gasteiger partial charge in [0.1, 0.15) is 11.9 Å². The highest BCUT2D eigenvalue weighted by Gasteiger charge is 2.19. The van der Waals surface area contributed by atoms with Crippen molar-refractivity contribution in [1.82, 2.24) is 0 Å². The summed E-state index contributed by atoms with van der Waals surface area (Å²) < 4.78 is 5.30. The van der Waals surface area contributed by atoms with Gasteiger partial charge in [0, 0.05) is 15.3 Å². The molecule has 2 rings (SSSR count). The zero-order valence-electron chi connectivity index (χ0n) is 9.07. The Bertz CT molecular complexity index is 468. The highest BCUT2D eigenvalue weighted by molar-refractivity contribution is 7.12. The van der Waals surface area contributed by atoms with Gasteiger partial charge >= 0.3 is 0 Å². The van der Waals surface area contributed by atoms with E-state index in [0.717, 1.165) is 16.0 Å². The van der Waals surface area contributed by atoms with E-state index in [1.54, 1.807) is 17.6 Å². The van der Waals surface area contributed by atoms with Gasteiger partial charge in [-0.1, -0.05) is 0 Å². The molecule has 1 atom stereocenters. The molecule has 1 N–H and O–H groups in total. The fourth-order valence-electron chi connectivity index (χ4n) is 1.73. The maximum Gasteiger partial charge on any atom is 0.139 e. The van der Waals surface area contributed by atoms with E-state index in [1.807, 2.05) is 32.9 Å². The largest absolute Gasteiger partial charge is 0.466 e. The van der Waals surface area contributed by atoms with Crippen molar-refractivity contribution in [2.45, 2.75) is 26.9 Å². The Kier molecular flexibility index (Phi) is 2.67. The monoisotopic (exact) mass is 222 g/mol. The first-order chi connectivity index (χ1) is 7.09. The normalized spacial score (nSPS) is 13.1. The molecule has 2 nitrogen and oxygen atoms in total. The third-order valence-corrected chi connectivity index (χ3v) is 3.51. The van der Waals surface area contributed by atoms with E-state index in [9.17, 15) is 5.11 Å². The van der Waals surface area contributed by atoms with Crippen LogP contribution in [-0.4, -0.2) is 5.11 Å². The molecule has 2 aromatic rings. The van der Waals surface area contributed by atoms with Crippen LogP contribution in [0, 0.1) is 20.8 Å². The van der Waals surface area contributed by atoms with E-state index < -0.39 is 6.10 Å². The topological polar surface area (TPSA) is 33.4 Å². The molecule has 1 unspecified atom stereocenters. The Morgan fingerprint density at radius 3 is 2.53 bits per heavy atom. The van der Waals surface area contributed by atoms with Gasteiger partial charge in [0.05, 0.1) is 6.26 Å². The number of thiophene rings is 1. The van der Waals surface area contributed by atoms with Crippen LogP contribution in [0.25, 0.3) is 0 Å². The molecule has 0 aliphatic carbocycles. The average molecular weight is 222 g/mol. The minimum absolute atomic E-state index is 0.634. The molecule has 2 heterocycles. The molecule has 0 spiro atoms. The molecule has 0 aliphatic rings. The van der Waals surface area contributed by atoms with Crippen molar-refractivity contribution in [1.29, 1.82) is 0 Å². The van der Waals surface area contributed by atoms with Crippen molar-refractivity contribution in [3.63, 3.8) is 0 Å². The van der Waals surface area contributed by atoms with Crippen molar-refractivity contribution in [3.05, 3.63) is 45.0 Å². The zero-order valence-corrected chi connectivity index (χ0v) is 9.89. The quantitative estimate of drug-likeness (QED) is 0.845. The Morgan fingerprint density at radius 1 is 1.33 bits per heavy atom. The average Bonchev–Trinajstić information content (AvgIpc) is 2.71. The van der Waals surface area contributed by atoms with Gasteiger partial charge in [-0.05, 0) is 38.5 Å². The predicted molar refractivity (Wildman–Crippen MR) is 61.3 cm³/mol. The van der Waals surface area contributed by atoms with Crippen molar-refractivity contribution in [3.8, 4) is 0 Å². The number of aliphatic hydroxyl groups excluding tert-OH is 1. The van der Waals surface area contributed by atoms with Gasteiger partial charge in [-0.2, -0.15) is 0 Å². The Morgan fingerprint density at radius 2 is 2.07 bits per heavy atom. The number of hydrogen-bond acceptors (Lipinski definition) is 3. The lowest BCUT2D eigenvalue weighted by Crippen LogP contribution is -1.99. The zero-order chi connectivity index (χ0) is 11.0. The van der Waals surface area contributed by atoms with E-state index in [0.29, 0.717) is 5.76 Å². The summed E-state index contributed by atoms with van der Waals surface area (Å²) in [4.78, 5) is 2.36. The van der Waals surface area contributed by atoms with Gasteiger partial charge in [-0.3, -0.25) is 0 Å². The highest BCUT2D eigenvalue weighted by atomic mass is 32.1. The van der Waals surface area contributed by atoms with Crippen LogP contribution in [-0.2, 0) is 0 Å². The summed E-state index contributed by atoms with van der Waals surface area (Å²) in [5.41, 5.74) is 1.95. The number of rotatable bonds is 2. The molecule has 2 aromatic heterocycles. The lowest BCUT2D eigenvalue weighted by Gasteiger charge is -2.08. The molecular weight excluding hydrogens is 208 g/mol. The molecule has 0 radical (unpaired) electrons. The maximum absolute atomic E-state index is 10.2. The highest BCUT2D eigenvalue weighted by Crippen LogP contribution is 2.32. The maximum atomic E-state index is 10.2. The molecule has 3 heteroatoms. The molecule has 0 fully saturated rings. The summed E-state index contributed by atoms with van der Waals surface area (Å²) in [7, 11) is 0. The van der Waals surface area contributed by atoms with Crippen molar-refractivity contribution < 1.29 is 9.52 Å². The standard InChI is InChI=1S/C12H14O2S/c1-7-4-5-14-12(7)11(13)10-6-8(2)15-9(10)3/h4-6,11,13H,1-3H3. The number of aryl methyl sites for hydroxylation is 3. The van der Waals surface area contributed by atoms with Gasteiger partial charge in [0.2, 0.25) is 0 Å². The van der Waals surface area contributed by atoms with Gasteiger partial charge in [0.25, 0.3) is 0 Å². The number of hydrogen-bond donors (Lipinski definition) is 1. The van der Waals surface area contributed by atoms with Crippen LogP contribution in [0.4, 0.5) is 0 Å². The molecule has 0 saturated heterocycles. The third kappa shape index (κ3) is 1.85. The predicted octanol–water partition coefficient (Wildman–Crippen LogP) is 3.35. The van der Waals surface area contributed by atoms with Crippen LogP contribution in [0.3, 0.4) is 0 Å². The Hall–Kier alpha value is -1.06. The summed E-state index contributed by atoms with van der Waals surface area (Å²) in [5.74, 6) is 0.649. The second kappa shape index (κ2) is 3.83. The van der Waals surface area contributed by atoms with E-state index >= 15 is 0 Å². The first-order valence-corrected chi connectivity index (χ1v) is 5.70. The molecule has 0 bridgehead atoms. The van der Waals surface area contributed by atoms with Gasteiger partial charge < -0.3 is 9.52 Å². The molecule has 0 aromatic carbocycles. The van der Waals surface area contributed by atoms with Crippen molar-refractivity contribution in [2.24, 2.45) is 0 Å². The minimum atomic E-state index is -0.634. The molecule has 0 amide bonds. The smallest absolute Gasteiger partial charge is 0.139 e. The number of aliphatic hydroxyl groups is 1. The summed E-state index contributed by atoms with van der Waals surface area (Å²) in [5, 5.41) is 10.2. The lowest BCUT2D eigenvalue weighted by atomic mass is 10.1. The van der Waals surface area contributed by atoms with Gasteiger partial charge in [-0.15, -0.1) is 11.3 Å². The van der Waals surface area contributed by atoms with Gasteiger partial charge in [0.15, 0.2) is 0 Å². The fraction of sp³-hybridized carbons (Fsp3) is 0.333. The van der Waals surface area contributed by atoms with Crippen molar-refractivity contribution in [2.75, 3.05) is 0 Å². The first-order valence-electron chi connectivity index (χ1n) is 4.88. The Labute approximate surface area is 93.2 Å². The fourth-order valence-corrected chi connectivity index (χ4v) is 2.69. The molecule has 15 heavy (non-hydrogen) atoms. The number of furan rings is 1. The molecule has 80 valence electrons. The second-order valence-electron chi connectivity index (χ2n) is 3.74. The SMILES string of the molecule is Cc1cc(C(O)c2occc2C)c(C)s1. The second-order valence-corrected chi connectivity index (χ2v) is 5.20. The summed E-state index contributed by atoms with van der Waals surface area (Å²) in [6.07, 6.45) is 0.979. The van der Waals surface area contributed by atoms with Crippen LogP contribution in [0.5, 0.6) is 0 Å². The van der Waals surface area contributed by atoms with Crippen LogP contribution in [0.1, 0.15) is 32.7 Å². The first kappa shape index (κ1) is 10.5. The summed E-state index contributed by atoms with van der Waals surface area (Å²) in [6.45, 7) is 6.01. The van der Waals surface area contributed by atoms with Crippen LogP contribution in [0.15, 0.2) is 22.8 Å². The van der Waals surface area contributed by atoms with Crippen LogP contribution >= 0.6 is 11.3 Å². The van der Waals surface area contributed by atoms with E-state index in [4.69, 9.17) is 4.42 Å². The molecule has 0 saturated carbocycles. The molecule has 0 aliphatic heterocycles. The van der Waals surface area contributed by atoms with Gasteiger partial charge in [-0.25, -0.2) is 0 Å². The lowest BCUT2D eigenvalue weighted by molar-refractivity contribution is 0.188. The van der Waals surface area contributed by atoms with Crippen LogP contribution < -0.4 is 0 Å². The van der Waals surface area contributed by atoms with Crippen LogP contribution in [0.2, 0.25) is 0 Å². The van der Waals surface area contributed by atoms with E-state index in [1.165, 1.54) is 4.88 Å². The van der Waals surface area contributed by atoms with E-state index in [-0.39, 0.29) is 0 Å².